The third-order valence-corrected chi connectivity index (χ3v) is 4.49. The molecule has 24 heavy (non-hydrogen) atoms. The van der Waals surface area contributed by atoms with Crippen molar-refractivity contribution >= 4 is 39.2 Å². The van der Waals surface area contributed by atoms with E-state index in [0.717, 1.165) is 9.35 Å². The molecule has 0 bridgehead atoms. The number of thiophene rings is 1. The van der Waals surface area contributed by atoms with Gasteiger partial charge in [-0.25, -0.2) is 9.18 Å². The second-order valence-corrected chi connectivity index (χ2v) is 7.17. The first-order valence-corrected chi connectivity index (χ1v) is 8.84. The first kappa shape index (κ1) is 18.6. The number of halogens is 2. The van der Waals surface area contributed by atoms with Crippen molar-refractivity contribution in [3.63, 3.8) is 0 Å². The van der Waals surface area contributed by atoms with Gasteiger partial charge in [0.25, 0.3) is 0 Å². The minimum atomic E-state index is -0.546. The van der Waals surface area contributed by atoms with E-state index in [0.29, 0.717) is 12.1 Å². The van der Waals surface area contributed by atoms with Crippen LogP contribution in [0, 0.1) is 5.82 Å². The Morgan fingerprint density at radius 2 is 2.12 bits per heavy atom. The van der Waals surface area contributed by atoms with Crippen molar-refractivity contribution in [3.05, 3.63) is 56.4 Å². The molecule has 1 aromatic carbocycles. The summed E-state index contributed by atoms with van der Waals surface area (Å²) in [5.41, 5.74) is 0.474. The number of nitrogens with zero attached hydrogens (tertiary/aromatic N) is 1. The number of likely N-dealkylation sites (N-methyl/N-ethyl adjacent to an activating group) is 1. The number of hydrogen-bond acceptors (Lipinski definition) is 4. The van der Waals surface area contributed by atoms with E-state index < -0.39 is 11.9 Å². The molecule has 2 aromatic rings. The van der Waals surface area contributed by atoms with Crippen molar-refractivity contribution in [2.24, 2.45) is 0 Å². The van der Waals surface area contributed by atoms with Crippen LogP contribution < -0.4 is 10.6 Å². The van der Waals surface area contributed by atoms with Crippen LogP contribution in [0.5, 0.6) is 0 Å². The van der Waals surface area contributed by atoms with Crippen LogP contribution in [0.25, 0.3) is 0 Å². The Morgan fingerprint density at radius 1 is 1.33 bits per heavy atom. The highest BCUT2D eigenvalue weighted by Crippen LogP contribution is 2.16. The van der Waals surface area contributed by atoms with Crippen LogP contribution in [0.2, 0.25) is 0 Å². The second kappa shape index (κ2) is 8.91. The Hall–Kier alpha value is -1.77. The molecule has 3 amide bonds. The molecule has 0 spiro atoms. The minimum Gasteiger partial charge on any atom is -0.333 e. The van der Waals surface area contributed by atoms with E-state index in [9.17, 15) is 14.0 Å². The summed E-state index contributed by atoms with van der Waals surface area (Å²) < 4.78 is 14.5. The number of hydrogen-bond donors (Lipinski definition) is 2. The van der Waals surface area contributed by atoms with E-state index in [1.165, 1.54) is 17.4 Å². The van der Waals surface area contributed by atoms with Crippen molar-refractivity contribution in [1.82, 2.24) is 15.5 Å². The highest BCUT2D eigenvalue weighted by Gasteiger charge is 2.12. The van der Waals surface area contributed by atoms with E-state index in [-0.39, 0.29) is 18.9 Å². The molecule has 0 saturated heterocycles. The minimum absolute atomic E-state index is 0.0155. The number of carbonyl (C=O) groups excluding carboxylic acids is 2. The molecule has 0 atom stereocenters. The Balaban J connectivity index is 1.76. The summed E-state index contributed by atoms with van der Waals surface area (Å²) in [4.78, 5) is 26.1. The standard InChI is InChI=1S/C16H17BrFN3O2S/c1-21(9-11-7-12(17)4-5-14(11)18)10-15(22)20-16(23)19-8-13-3-2-6-24-13/h2-7H,8-10H2,1H3,(H2,19,20,22,23). The van der Waals surface area contributed by atoms with Gasteiger partial charge in [-0.1, -0.05) is 22.0 Å². The lowest BCUT2D eigenvalue weighted by Crippen LogP contribution is -2.43. The molecule has 5 nitrogen and oxygen atoms in total. The summed E-state index contributed by atoms with van der Waals surface area (Å²) >= 11 is 4.81. The Kier molecular flexibility index (Phi) is 6.89. The zero-order chi connectivity index (χ0) is 17.5. The maximum atomic E-state index is 13.7. The van der Waals surface area contributed by atoms with Crippen LogP contribution in [0.1, 0.15) is 10.4 Å². The molecule has 0 aliphatic carbocycles. The highest BCUT2D eigenvalue weighted by atomic mass is 79.9. The lowest BCUT2D eigenvalue weighted by Gasteiger charge is -2.16. The van der Waals surface area contributed by atoms with E-state index in [1.807, 2.05) is 17.5 Å². The van der Waals surface area contributed by atoms with Crippen LogP contribution in [-0.2, 0) is 17.9 Å². The zero-order valence-corrected chi connectivity index (χ0v) is 15.4. The normalized spacial score (nSPS) is 10.7. The van der Waals surface area contributed by atoms with Crippen molar-refractivity contribution in [1.29, 1.82) is 0 Å². The summed E-state index contributed by atoms with van der Waals surface area (Å²) in [6.07, 6.45) is 0. The van der Waals surface area contributed by atoms with Gasteiger partial charge in [-0.15, -0.1) is 11.3 Å². The molecule has 2 N–H and O–H groups in total. The predicted molar refractivity (Wildman–Crippen MR) is 95.1 cm³/mol. The maximum absolute atomic E-state index is 13.7. The fourth-order valence-corrected chi connectivity index (χ4v) is 3.10. The van der Waals surface area contributed by atoms with Gasteiger partial charge in [-0.05, 0) is 36.7 Å². The van der Waals surface area contributed by atoms with Crippen LogP contribution in [0.15, 0.2) is 40.2 Å². The average molecular weight is 414 g/mol. The molecule has 0 aliphatic rings. The van der Waals surface area contributed by atoms with Gasteiger partial charge < -0.3 is 5.32 Å². The number of rotatable bonds is 6. The molecular weight excluding hydrogens is 397 g/mol. The summed E-state index contributed by atoms with van der Waals surface area (Å²) in [6, 6.07) is 7.88. The summed E-state index contributed by atoms with van der Waals surface area (Å²) in [5, 5.41) is 6.78. The second-order valence-electron chi connectivity index (χ2n) is 5.22. The molecule has 0 aliphatic heterocycles. The number of urea groups is 1. The van der Waals surface area contributed by atoms with E-state index in [1.54, 1.807) is 24.1 Å². The predicted octanol–water partition coefficient (Wildman–Crippen LogP) is 3.11. The van der Waals surface area contributed by atoms with Crippen molar-refractivity contribution in [2.45, 2.75) is 13.1 Å². The van der Waals surface area contributed by atoms with Gasteiger partial charge in [0, 0.05) is 21.5 Å². The highest BCUT2D eigenvalue weighted by molar-refractivity contribution is 9.10. The monoisotopic (exact) mass is 413 g/mol. The van der Waals surface area contributed by atoms with Gasteiger partial charge >= 0.3 is 6.03 Å². The van der Waals surface area contributed by atoms with Gasteiger partial charge in [-0.2, -0.15) is 0 Å². The molecule has 0 fully saturated rings. The van der Waals surface area contributed by atoms with Gasteiger partial charge in [0.05, 0.1) is 13.1 Å². The molecular formula is C16H17BrFN3O2S. The number of nitrogens with one attached hydrogen (secondary N) is 2. The summed E-state index contributed by atoms with van der Waals surface area (Å²) in [7, 11) is 1.68. The van der Waals surface area contributed by atoms with Crippen molar-refractivity contribution < 1.29 is 14.0 Å². The average Bonchev–Trinajstić information content (AvgIpc) is 3.02. The third-order valence-electron chi connectivity index (χ3n) is 3.12. The number of benzene rings is 1. The molecule has 2 rings (SSSR count). The fraction of sp³-hybridized carbons (Fsp3) is 0.250. The van der Waals surface area contributed by atoms with Gasteiger partial charge in [0.15, 0.2) is 0 Å². The lowest BCUT2D eigenvalue weighted by atomic mass is 10.2. The lowest BCUT2D eigenvalue weighted by molar-refractivity contribution is -0.121. The van der Waals surface area contributed by atoms with Crippen molar-refractivity contribution in [2.75, 3.05) is 13.6 Å². The number of imide groups is 1. The molecule has 0 unspecified atom stereocenters. The number of amides is 3. The van der Waals surface area contributed by atoms with E-state index in [4.69, 9.17) is 0 Å². The van der Waals surface area contributed by atoms with Crippen LogP contribution >= 0.6 is 27.3 Å². The number of carbonyl (C=O) groups is 2. The quantitative estimate of drug-likeness (QED) is 0.764. The van der Waals surface area contributed by atoms with Gasteiger partial charge in [0.1, 0.15) is 5.82 Å². The van der Waals surface area contributed by atoms with E-state index >= 15 is 0 Å². The molecule has 0 saturated carbocycles. The van der Waals surface area contributed by atoms with Gasteiger partial charge in [0.2, 0.25) is 5.91 Å². The van der Waals surface area contributed by atoms with Crippen LogP contribution in [0.4, 0.5) is 9.18 Å². The Morgan fingerprint density at radius 3 is 2.83 bits per heavy atom. The molecule has 128 valence electrons. The molecule has 0 radical (unpaired) electrons. The van der Waals surface area contributed by atoms with E-state index in [2.05, 4.69) is 26.6 Å². The SMILES string of the molecule is CN(CC(=O)NC(=O)NCc1cccs1)Cc1cc(Br)ccc1F. The van der Waals surface area contributed by atoms with Gasteiger partial charge in [-0.3, -0.25) is 15.0 Å². The summed E-state index contributed by atoms with van der Waals surface area (Å²) in [6.45, 7) is 0.615. The van der Waals surface area contributed by atoms with Crippen LogP contribution in [0.3, 0.4) is 0 Å². The van der Waals surface area contributed by atoms with Crippen LogP contribution in [-0.4, -0.2) is 30.4 Å². The first-order valence-electron chi connectivity index (χ1n) is 7.16. The molecule has 1 aromatic heterocycles. The fourth-order valence-electron chi connectivity index (χ4n) is 2.05. The molecule has 8 heteroatoms. The Labute approximate surface area is 152 Å². The Bertz CT molecular complexity index is 709. The zero-order valence-electron chi connectivity index (χ0n) is 13.0. The van der Waals surface area contributed by atoms with Crippen molar-refractivity contribution in [3.8, 4) is 0 Å². The molecule has 1 heterocycles. The largest absolute Gasteiger partial charge is 0.333 e. The topological polar surface area (TPSA) is 61.4 Å². The maximum Gasteiger partial charge on any atom is 0.321 e. The smallest absolute Gasteiger partial charge is 0.321 e. The first-order chi connectivity index (χ1) is 11.4. The third kappa shape index (κ3) is 6.03. The summed E-state index contributed by atoms with van der Waals surface area (Å²) in [5.74, 6) is -0.782.